The molecule has 9 heteroatoms. The summed E-state index contributed by atoms with van der Waals surface area (Å²) in [5.74, 6) is -0.0258. The lowest BCUT2D eigenvalue weighted by Gasteiger charge is -2.21. The van der Waals surface area contributed by atoms with Gasteiger partial charge in [0.1, 0.15) is 5.75 Å². The Hall–Kier alpha value is -1.94. The van der Waals surface area contributed by atoms with Gasteiger partial charge in [0.15, 0.2) is 6.61 Å². The Kier molecular flexibility index (Phi) is 4.47. The highest BCUT2D eigenvalue weighted by Crippen LogP contribution is 2.37. The molecule has 2 atom stereocenters. The van der Waals surface area contributed by atoms with E-state index < -0.39 is 10.0 Å². The second kappa shape index (κ2) is 6.66. The fourth-order valence-corrected chi connectivity index (χ4v) is 5.72. The third-order valence-corrected chi connectivity index (χ3v) is 7.36. The van der Waals surface area contributed by atoms with Crippen molar-refractivity contribution < 1.29 is 23.1 Å². The monoisotopic (exact) mass is 394 g/mol. The second-order valence-electron chi connectivity index (χ2n) is 6.42. The third kappa shape index (κ3) is 3.01. The van der Waals surface area contributed by atoms with Crippen molar-refractivity contribution >= 4 is 33.0 Å². The van der Waals surface area contributed by atoms with Crippen LogP contribution in [-0.2, 0) is 14.8 Å². The van der Waals surface area contributed by atoms with Gasteiger partial charge < -0.3 is 15.2 Å². The van der Waals surface area contributed by atoms with E-state index in [0.29, 0.717) is 18.0 Å². The van der Waals surface area contributed by atoms with Gasteiger partial charge >= 0.3 is 0 Å². The van der Waals surface area contributed by atoms with Crippen molar-refractivity contribution in [1.29, 1.82) is 0 Å². The van der Waals surface area contributed by atoms with Gasteiger partial charge in [0, 0.05) is 31.5 Å². The number of amides is 1. The number of aliphatic hydroxyl groups is 1. The summed E-state index contributed by atoms with van der Waals surface area (Å²) in [6.07, 6.45) is 0. The van der Waals surface area contributed by atoms with Crippen molar-refractivity contribution in [3.63, 3.8) is 0 Å². The molecule has 3 heterocycles. The minimum absolute atomic E-state index is 0.0262. The van der Waals surface area contributed by atoms with Gasteiger partial charge in [0.05, 0.1) is 10.6 Å². The first-order chi connectivity index (χ1) is 12.5. The van der Waals surface area contributed by atoms with Crippen molar-refractivity contribution in [2.75, 3.05) is 31.6 Å². The number of hydrogen-bond donors (Lipinski definition) is 2. The average Bonchev–Trinajstić information content (AvgIpc) is 3.30. The average molecular weight is 394 g/mol. The summed E-state index contributed by atoms with van der Waals surface area (Å²) in [4.78, 5) is 11.6. The summed E-state index contributed by atoms with van der Waals surface area (Å²) in [6, 6.07) is 6.43. The lowest BCUT2D eigenvalue weighted by Crippen LogP contribution is -2.30. The minimum Gasteiger partial charge on any atom is -0.482 e. The normalized spacial score (nSPS) is 23.3. The first-order valence-corrected chi connectivity index (χ1v) is 10.6. The van der Waals surface area contributed by atoms with Gasteiger partial charge in [-0.2, -0.15) is 15.6 Å². The van der Waals surface area contributed by atoms with Crippen LogP contribution >= 0.6 is 11.3 Å². The standard InChI is InChI=1S/C17H18N2O5S2/c20-8-12-6-19(7-14(12)11-3-4-25-10-11)26(22,23)13-1-2-16-15(5-13)18-17(21)9-24-16/h1-5,10,12,14,20H,6-9H2,(H,18,21)/t12-,14+/m1/s1. The molecule has 0 spiro atoms. The largest absolute Gasteiger partial charge is 0.482 e. The summed E-state index contributed by atoms with van der Waals surface area (Å²) in [6.45, 7) is 0.440. The van der Waals surface area contributed by atoms with Gasteiger partial charge in [0.2, 0.25) is 10.0 Å². The predicted molar refractivity (Wildman–Crippen MR) is 97.0 cm³/mol. The molecule has 1 aromatic carbocycles. The molecule has 7 nitrogen and oxygen atoms in total. The summed E-state index contributed by atoms with van der Waals surface area (Å²) in [7, 11) is -3.74. The molecule has 2 aliphatic rings. The number of hydrogen-bond acceptors (Lipinski definition) is 6. The molecular formula is C17H18N2O5S2. The first kappa shape index (κ1) is 17.5. The summed E-state index contributed by atoms with van der Waals surface area (Å²) in [5, 5.41) is 16.3. The molecule has 4 rings (SSSR count). The van der Waals surface area contributed by atoms with Gasteiger partial charge in [-0.25, -0.2) is 8.42 Å². The van der Waals surface area contributed by atoms with E-state index in [4.69, 9.17) is 4.74 Å². The highest BCUT2D eigenvalue weighted by atomic mass is 32.2. The summed E-state index contributed by atoms with van der Waals surface area (Å²) >= 11 is 1.56. The number of ether oxygens (including phenoxy) is 1. The number of sulfonamides is 1. The minimum atomic E-state index is -3.74. The van der Waals surface area contributed by atoms with E-state index in [2.05, 4.69) is 5.32 Å². The van der Waals surface area contributed by atoms with Gasteiger partial charge in [-0.15, -0.1) is 0 Å². The molecule has 138 valence electrons. The van der Waals surface area contributed by atoms with Crippen LogP contribution in [0.5, 0.6) is 5.75 Å². The number of thiophene rings is 1. The molecule has 2 N–H and O–H groups in total. The van der Waals surface area contributed by atoms with Crippen LogP contribution < -0.4 is 10.1 Å². The van der Waals surface area contributed by atoms with Crippen molar-refractivity contribution in [3.8, 4) is 5.75 Å². The molecule has 1 amide bonds. The van der Waals surface area contributed by atoms with Crippen LogP contribution in [0.4, 0.5) is 5.69 Å². The number of aliphatic hydroxyl groups excluding tert-OH is 1. The Labute approximate surface area is 155 Å². The van der Waals surface area contributed by atoms with Crippen LogP contribution in [0.25, 0.3) is 0 Å². The predicted octanol–water partition coefficient (Wildman–Crippen LogP) is 1.48. The van der Waals surface area contributed by atoms with E-state index in [1.165, 1.54) is 16.4 Å². The van der Waals surface area contributed by atoms with Gasteiger partial charge in [0.25, 0.3) is 5.91 Å². The van der Waals surface area contributed by atoms with Crippen LogP contribution in [-0.4, -0.2) is 50.0 Å². The third-order valence-electron chi connectivity index (χ3n) is 4.84. The van der Waals surface area contributed by atoms with E-state index in [1.807, 2.05) is 16.8 Å². The Morgan fingerprint density at radius 2 is 2.15 bits per heavy atom. The molecule has 0 radical (unpaired) electrons. The van der Waals surface area contributed by atoms with Gasteiger partial charge in [-0.05, 0) is 40.6 Å². The van der Waals surface area contributed by atoms with Crippen LogP contribution in [0.1, 0.15) is 11.5 Å². The number of fused-ring (bicyclic) bond motifs is 1. The number of nitrogens with zero attached hydrogens (tertiary/aromatic N) is 1. The maximum Gasteiger partial charge on any atom is 0.262 e. The Morgan fingerprint density at radius 3 is 2.88 bits per heavy atom. The molecule has 26 heavy (non-hydrogen) atoms. The maximum absolute atomic E-state index is 13.1. The Morgan fingerprint density at radius 1 is 1.31 bits per heavy atom. The second-order valence-corrected chi connectivity index (χ2v) is 9.14. The number of carbonyl (C=O) groups excluding carboxylic acids is 1. The smallest absolute Gasteiger partial charge is 0.262 e. The Balaban J connectivity index is 1.63. The van der Waals surface area contributed by atoms with E-state index in [9.17, 15) is 18.3 Å². The zero-order chi connectivity index (χ0) is 18.3. The number of rotatable bonds is 4. The molecule has 0 aliphatic carbocycles. The summed E-state index contributed by atoms with van der Waals surface area (Å²) < 4.78 is 32.8. The number of nitrogens with one attached hydrogen (secondary N) is 1. The van der Waals surface area contributed by atoms with Crippen molar-refractivity contribution in [3.05, 3.63) is 40.6 Å². The van der Waals surface area contributed by atoms with E-state index >= 15 is 0 Å². The molecule has 1 fully saturated rings. The number of benzene rings is 1. The summed E-state index contributed by atoms with van der Waals surface area (Å²) in [5.41, 5.74) is 1.41. The maximum atomic E-state index is 13.1. The molecule has 0 unspecified atom stereocenters. The molecular weight excluding hydrogens is 376 g/mol. The highest BCUT2D eigenvalue weighted by Gasteiger charge is 2.40. The quantitative estimate of drug-likeness (QED) is 0.819. The topological polar surface area (TPSA) is 95.9 Å². The number of carbonyl (C=O) groups is 1. The molecule has 0 bridgehead atoms. The first-order valence-electron chi connectivity index (χ1n) is 8.19. The number of anilines is 1. The fraction of sp³-hybridized carbons (Fsp3) is 0.353. The fourth-order valence-electron chi connectivity index (χ4n) is 3.45. The van der Waals surface area contributed by atoms with Gasteiger partial charge in [-0.3, -0.25) is 4.79 Å². The highest BCUT2D eigenvalue weighted by molar-refractivity contribution is 7.89. The lowest BCUT2D eigenvalue weighted by molar-refractivity contribution is -0.118. The van der Waals surface area contributed by atoms with Crippen LogP contribution in [0, 0.1) is 5.92 Å². The zero-order valence-electron chi connectivity index (χ0n) is 13.8. The van der Waals surface area contributed by atoms with Crippen molar-refractivity contribution in [2.24, 2.45) is 5.92 Å². The molecule has 2 aliphatic heterocycles. The Bertz CT molecular complexity index is 927. The SMILES string of the molecule is O=C1COc2ccc(S(=O)(=O)N3C[C@H](CO)[C@H](c4ccsc4)C3)cc2N1. The molecule has 0 saturated carbocycles. The van der Waals surface area contributed by atoms with Crippen LogP contribution in [0.3, 0.4) is 0 Å². The molecule has 1 aromatic heterocycles. The molecule has 2 aromatic rings. The van der Waals surface area contributed by atoms with Crippen LogP contribution in [0.15, 0.2) is 39.9 Å². The van der Waals surface area contributed by atoms with Crippen molar-refractivity contribution in [1.82, 2.24) is 4.31 Å². The zero-order valence-corrected chi connectivity index (χ0v) is 15.4. The molecule has 1 saturated heterocycles. The van der Waals surface area contributed by atoms with Gasteiger partial charge in [-0.1, -0.05) is 0 Å². The van der Waals surface area contributed by atoms with E-state index in [-0.39, 0.29) is 42.4 Å². The van der Waals surface area contributed by atoms with E-state index in [0.717, 1.165) is 5.56 Å². The van der Waals surface area contributed by atoms with E-state index in [1.54, 1.807) is 17.4 Å². The lowest BCUT2D eigenvalue weighted by atomic mass is 9.92. The van der Waals surface area contributed by atoms with Crippen LogP contribution in [0.2, 0.25) is 0 Å². The van der Waals surface area contributed by atoms with Crippen molar-refractivity contribution in [2.45, 2.75) is 10.8 Å².